The summed E-state index contributed by atoms with van der Waals surface area (Å²) in [7, 11) is 0. The van der Waals surface area contributed by atoms with E-state index in [2.05, 4.69) is 54.3 Å². The van der Waals surface area contributed by atoms with Crippen LogP contribution in [0.1, 0.15) is 33.6 Å². The molecule has 3 heteroatoms. The van der Waals surface area contributed by atoms with Crippen LogP contribution in [0.2, 0.25) is 0 Å². The van der Waals surface area contributed by atoms with E-state index in [1.165, 1.54) is 10.8 Å². The van der Waals surface area contributed by atoms with E-state index in [-0.39, 0.29) is 6.04 Å². The third-order valence-corrected chi connectivity index (χ3v) is 4.69. The maximum atomic E-state index is 11.0. The van der Waals surface area contributed by atoms with Gasteiger partial charge in [-0.1, -0.05) is 50.2 Å². The number of anilines is 1. The molecule has 1 N–H and O–H groups in total. The van der Waals surface area contributed by atoms with E-state index < -0.39 is 5.60 Å². The van der Waals surface area contributed by atoms with Crippen LogP contribution < -0.4 is 4.90 Å². The third-order valence-electron chi connectivity index (χ3n) is 4.69. The molecule has 0 fully saturated rings. The zero-order chi connectivity index (χ0) is 15.7. The molecule has 0 saturated heterocycles. The smallest absolute Gasteiger partial charge is 0.136 e. The van der Waals surface area contributed by atoms with Crippen LogP contribution in [-0.4, -0.2) is 29.1 Å². The molecule has 0 aromatic heterocycles. The summed E-state index contributed by atoms with van der Waals surface area (Å²) in [6, 6.07) is 14.9. The number of fused-ring (bicyclic) bond motifs is 1. The molecule has 1 heterocycles. The second-order valence-electron chi connectivity index (χ2n) is 6.15. The molecule has 116 valence electrons. The number of hydrogen-bond donors (Lipinski definition) is 1. The molecular formula is C19H24N2O. The van der Waals surface area contributed by atoms with E-state index in [4.69, 9.17) is 4.99 Å². The molecule has 2 aromatic rings. The minimum atomic E-state index is -0.846. The number of nitrogens with zero attached hydrogens (tertiary/aromatic N) is 2. The molecule has 0 bridgehead atoms. The summed E-state index contributed by atoms with van der Waals surface area (Å²) < 4.78 is 0. The number of benzene rings is 2. The number of rotatable bonds is 4. The second-order valence-corrected chi connectivity index (χ2v) is 6.15. The Kier molecular flexibility index (Phi) is 3.92. The van der Waals surface area contributed by atoms with Crippen LogP contribution in [-0.2, 0) is 0 Å². The Hall–Kier alpha value is -1.87. The van der Waals surface area contributed by atoms with Gasteiger partial charge in [-0.25, -0.2) is 0 Å². The Balaban J connectivity index is 2.12. The van der Waals surface area contributed by atoms with Gasteiger partial charge in [0, 0.05) is 11.9 Å². The highest BCUT2D eigenvalue weighted by Gasteiger charge is 2.38. The SMILES string of the molecule is CCC(O)(CC)C1=N[C@@H](C)CN1c1cccc2ccccc12. The quantitative estimate of drug-likeness (QED) is 0.925. The van der Waals surface area contributed by atoms with Crippen molar-refractivity contribution < 1.29 is 5.11 Å². The van der Waals surface area contributed by atoms with Crippen molar-refractivity contribution in [1.29, 1.82) is 0 Å². The fourth-order valence-corrected chi connectivity index (χ4v) is 3.26. The van der Waals surface area contributed by atoms with E-state index in [1.807, 2.05) is 13.8 Å². The van der Waals surface area contributed by atoms with E-state index >= 15 is 0 Å². The van der Waals surface area contributed by atoms with Crippen molar-refractivity contribution in [1.82, 2.24) is 0 Å². The molecule has 1 aliphatic heterocycles. The summed E-state index contributed by atoms with van der Waals surface area (Å²) >= 11 is 0. The van der Waals surface area contributed by atoms with Crippen LogP contribution in [0, 0.1) is 0 Å². The molecule has 0 saturated carbocycles. The van der Waals surface area contributed by atoms with Crippen molar-refractivity contribution in [2.75, 3.05) is 11.4 Å². The topological polar surface area (TPSA) is 35.8 Å². The Morgan fingerprint density at radius 1 is 1.14 bits per heavy atom. The summed E-state index contributed by atoms with van der Waals surface area (Å²) in [4.78, 5) is 6.97. The number of hydrogen-bond acceptors (Lipinski definition) is 3. The minimum Gasteiger partial charge on any atom is -0.382 e. The maximum Gasteiger partial charge on any atom is 0.136 e. The average molecular weight is 296 g/mol. The van der Waals surface area contributed by atoms with Gasteiger partial charge in [-0.2, -0.15) is 0 Å². The Bertz CT molecular complexity index is 698. The first-order chi connectivity index (χ1) is 10.6. The van der Waals surface area contributed by atoms with Gasteiger partial charge in [0.1, 0.15) is 11.4 Å². The molecule has 0 amide bonds. The van der Waals surface area contributed by atoms with Crippen molar-refractivity contribution in [3.05, 3.63) is 42.5 Å². The van der Waals surface area contributed by atoms with Gasteiger partial charge in [0.05, 0.1) is 11.7 Å². The van der Waals surface area contributed by atoms with Crippen molar-refractivity contribution in [2.24, 2.45) is 4.99 Å². The lowest BCUT2D eigenvalue weighted by molar-refractivity contribution is 0.102. The average Bonchev–Trinajstić information content (AvgIpc) is 2.96. The Labute approximate surface area is 132 Å². The molecule has 3 rings (SSSR count). The minimum absolute atomic E-state index is 0.207. The Morgan fingerprint density at radius 3 is 2.55 bits per heavy atom. The van der Waals surface area contributed by atoms with Crippen molar-refractivity contribution in [3.8, 4) is 0 Å². The first-order valence-corrected chi connectivity index (χ1v) is 8.15. The summed E-state index contributed by atoms with van der Waals surface area (Å²) in [5, 5.41) is 13.4. The van der Waals surface area contributed by atoms with Gasteiger partial charge >= 0.3 is 0 Å². The molecular weight excluding hydrogens is 272 g/mol. The standard InChI is InChI=1S/C19H24N2O/c1-4-19(22,5-2)18-20-14(3)13-21(18)17-12-8-10-15-9-6-7-11-16(15)17/h6-12,14,22H,4-5,13H2,1-3H3/t14-/m0/s1. The molecule has 0 unspecified atom stereocenters. The third kappa shape index (κ3) is 2.40. The van der Waals surface area contributed by atoms with E-state index in [1.54, 1.807) is 0 Å². The van der Waals surface area contributed by atoms with Gasteiger partial charge in [-0.15, -0.1) is 0 Å². The number of aliphatic imine (C=N–C) groups is 1. The lowest BCUT2D eigenvalue weighted by atomic mass is 9.94. The van der Waals surface area contributed by atoms with Crippen LogP contribution in [0.15, 0.2) is 47.5 Å². The Morgan fingerprint density at radius 2 is 1.82 bits per heavy atom. The predicted molar refractivity (Wildman–Crippen MR) is 93.7 cm³/mol. The highest BCUT2D eigenvalue weighted by atomic mass is 16.3. The molecule has 0 spiro atoms. The fourth-order valence-electron chi connectivity index (χ4n) is 3.26. The van der Waals surface area contributed by atoms with Crippen LogP contribution in [0.4, 0.5) is 5.69 Å². The fraction of sp³-hybridized carbons (Fsp3) is 0.421. The molecule has 2 aromatic carbocycles. The summed E-state index contributed by atoms with van der Waals surface area (Å²) in [5.74, 6) is 0.821. The van der Waals surface area contributed by atoms with Crippen LogP contribution in [0.3, 0.4) is 0 Å². The normalized spacial score (nSPS) is 18.8. The first kappa shape index (κ1) is 15.0. The van der Waals surface area contributed by atoms with E-state index in [9.17, 15) is 5.11 Å². The lowest BCUT2D eigenvalue weighted by Crippen LogP contribution is -2.46. The van der Waals surface area contributed by atoms with Gasteiger partial charge in [0.2, 0.25) is 0 Å². The molecule has 22 heavy (non-hydrogen) atoms. The number of amidine groups is 1. The summed E-state index contributed by atoms with van der Waals surface area (Å²) in [6.07, 6.45) is 1.35. The van der Waals surface area contributed by atoms with Gasteiger partial charge in [0.15, 0.2) is 0 Å². The van der Waals surface area contributed by atoms with Gasteiger partial charge in [-0.3, -0.25) is 4.99 Å². The van der Waals surface area contributed by atoms with Gasteiger partial charge in [-0.05, 0) is 31.2 Å². The van der Waals surface area contributed by atoms with Crippen LogP contribution in [0.5, 0.6) is 0 Å². The summed E-state index contributed by atoms with van der Waals surface area (Å²) in [6.45, 7) is 6.98. The summed E-state index contributed by atoms with van der Waals surface area (Å²) in [5.41, 5.74) is 0.295. The highest BCUT2D eigenvalue weighted by molar-refractivity contribution is 6.10. The van der Waals surface area contributed by atoms with Crippen LogP contribution >= 0.6 is 0 Å². The molecule has 0 radical (unpaired) electrons. The van der Waals surface area contributed by atoms with Crippen molar-refractivity contribution in [3.63, 3.8) is 0 Å². The zero-order valence-corrected chi connectivity index (χ0v) is 13.6. The zero-order valence-electron chi connectivity index (χ0n) is 13.6. The molecule has 0 aliphatic carbocycles. The molecule has 3 nitrogen and oxygen atoms in total. The largest absolute Gasteiger partial charge is 0.382 e. The maximum absolute atomic E-state index is 11.0. The van der Waals surface area contributed by atoms with Crippen molar-refractivity contribution >= 4 is 22.3 Å². The highest BCUT2D eigenvalue weighted by Crippen LogP contribution is 2.33. The van der Waals surface area contributed by atoms with Gasteiger partial charge in [0.25, 0.3) is 0 Å². The van der Waals surface area contributed by atoms with E-state index in [0.29, 0.717) is 12.8 Å². The first-order valence-electron chi connectivity index (χ1n) is 8.15. The van der Waals surface area contributed by atoms with Crippen LogP contribution in [0.25, 0.3) is 10.8 Å². The number of aliphatic hydroxyl groups is 1. The second kappa shape index (κ2) is 5.73. The van der Waals surface area contributed by atoms with Crippen molar-refractivity contribution in [2.45, 2.75) is 45.3 Å². The molecule has 1 aliphatic rings. The molecule has 1 atom stereocenters. The lowest BCUT2D eigenvalue weighted by Gasteiger charge is -2.33. The predicted octanol–water partition coefficient (Wildman–Crippen LogP) is 4.00. The van der Waals surface area contributed by atoms with E-state index in [0.717, 1.165) is 18.1 Å². The monoisotopic (exact) mass is 296 g/mol. The van der Waals surface area contributed by atoms with Gasteiger partial charge < -0.3 is 10.0 Å².